The molecule has 0 unspecified atom stereocenters. The number of ether oxygens (including phenoxy) is 2. The summed E-state index contributed by atoms with van der Waals surface area (Å²) in [5.74, 6) is 2.14. The SMILES string of the molecule is COc1cccc(Oc2cc(N3CCN(C(=O)c4cccc([N+](=O)[O-])c4)[C@@H](C)C3)ncn2)c1. The number of methoxy groups -OCH3 is 1. The maximum Gasteiger partial charge on any atom is 0.270 e. The first-order chi connectivity index (χ1) is 15.9. The molecule has 170 valence electrons. The summed E-state index contributed by atoms with van der Waals surface area (Å²) in [6.45, 7) is 3.51. The molecule has 10 heteroatoms. The second kappa shape index (κ2) is 9.51. The van der Waals surface area contributed by atoms with Gasteiger partial charge in [0.25, 0.3) is 11.6 Å². The van der Waals surface area contributed by atoms with Gasteiger partial charge in [0.1, 0.15) is 23.6 Å². The summed E-state index contributed by atoms with van der Waals surface area (Å²) in [5.41, 5.74) is 0.206. The third-order valence-electron chi connectivity index (χ3n) is 5.41. The Balaban J connectivity index is 1.44. The highest BCUT2D eigenvalue weighted by atomic mass is 16.6. The Labute approximate surface area is 190 Å². The van der Waals surface area contributed by atoms with E-state index in [1.165, 1.54) is 24.5 Å². The van der Waals surface area contributed by atoms with Crippen LogP contribution in [0.25, 0.3) is 0 Å². The Morgan fingerprint density at radius 2 is 1.88 bits per heavy atom. The van der Waals surface area contributed by atoms with Gasteiger partial charge in [-0.15, -0.1) is 0 Å². The first-order valence-corrected chi connectivity index (χ1v) is 10.4. The molecule has 33 heavy (non-hydrogen) atoms. The van der Waals surface area contributed by atoms with Crippen molar-refractivity contribution >= 4 is 17.4 Å². The summed E-state index contributed by atoms with van der Waals surface area (Å²) in [5, 5.41) is 11.0. The fourth-order valence-electron chi connectivity index (χ4n) is 3.73. The lowest BCUT2D eigenvalue weighted by molar-refractivity contribution is -0.384. The minimum Gasteiger partial charge on any atom is -0.497 e. The summed E-state index contributed by atoms with van der Waals surface area (Å²) >= 11 is 0. The Bertz CT molecular complexity index is 1170. The molecular formula is C23H23N5O5. The first kappa shape index (κ1) is 22.0. The van der Waals surface area contributed by atoms with Crippen LogP contribution in [0.3, 0.4) is 0 Å². The first-order valence-electron chi connectivity index (χ1n) is 10.4. The van der Waals surface area contributed by atoms with Crippen molar-refractivity contribution in [1.29, 1.82) is 0 Å². The summed E-state index contributed by atoms with van der Waals surface area (Å²) < 4.78 is 11.1. The minimum absolute atomic E-state index is 0.100. The molecule has 1 aromatic heterocycles. The van der Waals surface area contributed by atoms with Crippen LogP contribution in [0.4, 0.5) is 11.5 Å². The fraction of sp³-hybridized carbons (Fsp3) is 0.261. The molecule has 0 radical (unpaired) electrons. The number of piperazine rings is 1. The number of anilines is 1. The Morgan fingerprint density at radius 3 is 2.64 bits per heavy atom. The number of aromatic nitrogens is 2. The number of rotatable bonds is 6. The van der Waals surface area contributed by atoms with Crippen molar-refractivity contribution in [3.05, 3.63) is 76.6 Å². The number of benzene rings is 2. The van der Waals surface area contributed by atoms with Crippen LogP contribution in [-0.4, -0.2) is 58.5 Å². The molecule has 0 bridgehead atoms. The molecular weight excluding hydrogens is 426 g/mol. The van der Waals surface area contributed by atoms with E-state index in [4.69, 9.17) is 9.47 Å². The van der Waals surface area contributed by atoms with Crippen molar-refractivity contribution in [3.8, 4) is 17.4 Å². The molecule has 0 saturated carbocycles. The summed E-state index contributed by atoms with van der Waals surface area (Å²) in [4.78, 5) is 35.8. The van der Waals surface area contributed by atoms with Gasteiger partial charge in [-0.2, -0.15) is 0 Å². The molecule has 0 aliphatic carbocycles. The molecule has 3 aromatic rings. The van der Waals surface area contributed by atoms with Crippen LogP contribution >= 0.6 is 0 Å². The van der Waals surface area contributed by atoms with Gasteiger partial charge in [0.05, 0.1) is 12.0 Å². The highest BCUT2D eigenvalue weighted by Gasteiger charge is 2.29. The largest absolute Gasteiger partial charge is 0.497 e. The van der Waals surface area contributed by atoms with E-state index >= 15 is 0 Å². The smallest absolute Gasteiger partial charge is 0.270 e. The Morgan fingerprint density at radius 1 is 1.09 bits per heavy atom. The summed E-state index contributed by atoms with van der Waals surface area (Å²) in [7, 11) is 1.59. The van der Waals surface area contributed by atoms with Gasteiger partial charge in [-0.1, -0.05) is 12.1 Å². The number of nitro groups is 1. The zero-order valence-electron chi connectivity index (χ0n) is 18.2. The van der Waals surface area contributed by atoms with Gasteiger partial charge in [0.2, 0.25) is 5.88 Å². The fourth-order valence-corrected chi connectivity index (χ4v) is 3.73. The number of carbonyl (C=O) groups is 1. The zero-order valence-corrected chi connectivity index (χ0v) is 18.2. The van der Waals surface area contributed by atoms with Crippen LogP contribution in [0.15, 0.2) is 60.9 Å². The minimum atomic E-state index is -0.502. The van der Waals surface area contributed by atoms with E-state index in [1.54, 1.807) is 30.2 Å². The molecule has 1 atom stereocenters. The molecule has 1 aliphatic heterocycles. The van der Waals surface area contributed by atoms with Crippen LogP contribution in [0.1, 0.15) is 17.3 Å². The van der Waals surface area contributed by atoms with E-state index in [1.807, 2.05) is 25.1 Å². The van der Waals surface area contributed by atoms with Gasteiger partial charge >= 0.3 is 0 Å². The lowest BCUT2D eigenvalue weighted by atomic mass is 10.1. The van der Waals surface area contributed by atoms with Crippen LogP contribution in [0, 0.1) is 10.1 Å². The molecule has 1 saturated heterocycles. The molecule has 10 nitrogen and oxygen atoms in total. The number of non-ortho nitro benzene ring substituents is 1. The monoisotopic (exact) mass is 449 g/mol. The van der Waals surface area contributed by atoms with E-state index in [0.717, 1.165) is 0 Å². The molecule has 2 heterocycles. The lowest BCUT2D eigenvalue weighted by Crippen LogP contribution is -2.54. The molecule has 0 N–H and O–H groups in total. The standard InChI is InChI=1S/C23H23N5O5/c1-16-14-26(9-10-27(16)23(29)17-5-3-6-18(11-17)28(30)31)21-13-22(25-15-24-21)33-20-8-4-7-19(12-20)32-2/h3-8,11-13,15-16H,9-10,14H2,1-2H3/t16-/m0/s1. The van der Waals surface area contributed by atoms with Gasteiger partial charge in [0.15, 0.2) is 0 Å². The van der Waals surface area contributed by atoms with Crippen molar-refractivity contribution in [2.24, 2.45) is 0 Å². The molecule has 0 spiro atoms. The maximum absolute atomic E-state index is 13.0. The predicted molar refractivity (Wildman–Crippen MR) is 121 cm³/mol. The number of nitro benzene ring substituents is 1. The average molecular weight is 449 g/mol. The van der Waals surface area contributed by atoms with Gasteiger partial charge in [-0.05, 0) is 25.1 Å². The van der Waals surface area contributed by atoms with Crippen LogP contribution in [-0.2, 0) is 0 Å². The molecule has 4 rings (SSSR count). The number of hydrogen-bond acceptors (Lipinski definition) is 8. The summed E-state index contributed by atoms with van der Waals surface area (Å²) in [6.07, 6.45) is 1.44. The van der Waals surface area contributed by atoms with E-state index in [2.05, 4.69) is 14.9 Å². The third-order valence-corrected chi connectivity index (χ3v) is 5.41. The molecule has 1 amide bonds. The molecule has 1 aliphatic rings. The predicted octanol–water partition coefficient (Wildman–Crippen LogP) is 3.54. The average Bonchev–Trinajstić information content (AvgIpc) is 2.84. The van der Waals surface area contributed by atoms with Crippen molar-refractivity contribution in [2.75, 3.05) is 31.6 Å². The number of hydrogen-bond donors (Lipinski definition) is 0. The van der Waals surface area contributed by atoms with Crippen molar-refractivity contribution < 1.29 is 19.2 Å². The topological polar surface area (TPSA) is 111 Å². The normalized spacial score (nSPS) is 15.8. The Kier molecular flexibility index (Phi) is 6.34. The zero-order chi connectivity index (χ0) is 23.4. The Hall–Kier alpha value is -4.21. The van der Waals surface area contributed by atoms with Crippen LogP contribution in [0.2, 0.25) is 0 Å². The molecule has 1 fully saturated rings. The van der Waals surface area contributed by atoms with Gasteiger partial charge in [0, 0.05) is 55.5 Å². The van der Waals surface area contributed by atoms with E-state index in [-0.39, 0.29) is 17.6 Å². The van der Waals surface area contributed by atoms with E-state index in [0.29, 0.717) is 48.4 Å². The van der Waals surface area contributed by atoms with E-state index < -0.39 is 4.92 Å². The second-order valence-corrected chi connectivity index (χ2v) is 7.60. The quantitative estimate of drug-likeness (QED) is 0.415. The second-order valence-electron chi connectivity index (χ2n) is 7.60. The highest BCUT2D eigenvalue weighted by molar-refractivity contribution is 5.95. The maximum atomic E-state index is 13.0. The number of carbonyl (C=O) groups excluding carboxylic acids is 1. The third kappa shape index (κ3) is 5.00. The van der Waals surface area contributed by atoms with Gasteiger partial charge in [-0.25, -0.2) is 9.97 Å². The van der Waals surface area contributed by atoms with Crippen LogP contribution in [0.5, 0.6) is 17.4 Å². The highest BCUT2D eigenvalue weighted by Crippen LogP contribution is 2.27. The van der Waals surface area contributed by atoms with Crippen molar-refractivity contribution in [1.82, 2.24) is 14.9 Å². The number of amides is 1. The van der Waals surface area contributed by atoms with Gasteiger partial charge in [-0.3, -0.25) is 14.9 Å². The summed E-state index contributed by atoms with van der Waals surface area (Å²) in [6, 6.07) is 14.7. The van der Waals surface area contributed by atoms with Crippen LogP contribution < -0.4 is 14.4 Å². The molecule has 2 aromatic carbocycles. The number of nitrogens with zero attached hydrogens (tertiary/aromatic N) is 5. The van der Waals surface area contributed by atoms with E-state index in [9.17, 15) is 14.9 Å². The lowest BCUT2D eigenvalue weighted by Gasteiger charge is -2.40. The van der Waals surface area contributed by atoms with Gasteiger partial charge < -0.3 is 19.3 Å². The van der Waals surface area contributed by atoms with Crippen molar-refractivity contribution in [2.45, 2.75) is 13.0 Å². The van der Waals surface area contributed by atoms with Crippen molar-refractivity contribution in [3.63, 3.8) is 0 Å².